The summed E-state index contributed by atoms with van der Waals surface area (Å²) in [7, 11) is -3.69. The van der Waals surface area contributed by atoms with Crippen LogP contribution in [0, 0.1) is 0 Å². The van der Waals surface area contributed by atoms with Crippen molar-refractivity contribution in [3.05, 3.63) is 49.6 Å². The van der Waals surface area contributed by atoms with Crippen molar-refractivity contribution in [2.75, 3.05) is 6.54 Å². The molecular weight excluding hydrogens is 398 g/mol. The van der Waals surface area contributed by atoms with Crippen LogP contribution in [-0.4, -0.2) is 20.1 Å². The molecule has 0 radical (unpaired) electrons. The quantitative estimate of drug-likeness (QED) is 0.768. The molecule has 0 saturated heterocycles. The second-order valence-electron chi connectivity index (χ2n) is 4.28. The maximum absolute atomic E-state index is 12.2. The van der Waals surface area contributed by atoms with E-state index in [0.29, 0.717) is 12.0 Å². The van der Waals surface area contributed by atoms with E-state index >= 15 is 0 Å². The van der Waals surface area contributed by atoms with E-state index in [1.54, 1.807) is 17.4 Å². The molecule has 0 atom stereocenters. The van der Waals surface area contributed by atoms with Gasteiger partial charge >= 0.3 is 0 Å². The Hall–Kier alpha value is -0.440. The lowest BCUT2D eigenvalue weighted by molar-refractivity contribution is 0.281. The molecule has 0 amide bonds. The highest BCUT2D eigenvalue weighted by Gasteiger charge is 2.18. The number of aliphatic hydroxyl groups is 1. The monoisotopic (exact) mass is 409 g/mol. The maximum atomic E-state index is 12.2. The third-order valence-electron chi connectivity index (χ3n) is 2.76. The summed E-state index contributed by atoms with van der Waals surface area (Å²) >= 11 is 10.9. The van der Waals surface area contributed by atoms with E-state index in [1.165, 1.54) is 12.1 Å². The first-order valence-electron chi connectivity index (χ1n) is 6.05. The van der Waals surface area contributed by atoms with Gasteiger partial charge in [-0.25, -0.2) is 13.1 Å². The molecule has 0 saturated carbocycles. The Bertz CT molecular complexity index is 731. The molecule has 2 rings (SSSR count). The summed E-state index contributed by atoms with van der Waals surface area (Å²) in [6, 6.07) is 8.31. The molecular formula is C13H13BrClNO3S2. The van der Waals surface area contributed by atoms with Crippen LogP contribution in [0.1, 0.15) is 10.4 Å². The predicted molar refractivity (Wildman–Crippen MR) is 88.3 cm³/mol. The lowest BCUT2D eigenvalue weighted by Crippen LogP contribution is -2.26. The minimum Gasteiger partial charge on any atom is -0.392 e. The lowest BCUT2D eigenvalue weighted by atomic mass is 10.2. The largest absolute Gasteiger partial charge is 0.392 e. The molecule has 0 spiro atoms. The van der Waals surface area contributed by atoms with E-state index in [1.807, 2.05) is 12.1 Å². The van der Waals surface area contributed by atoms with Gasteiger partial charge in [-0.1, -0.05) is 17.7 Å². The molecule has 2 N–H and O–H groups in total. The Morgan fingerprint density at radius 2 is 2.05 bits per heavy atom. The molecule has 8 heteroatoms. The van der Waals surface area contributed by atoms with Crippen molar-refractivity contribution < 1.29 is 13.5 Å². The van der Waals surface area contributed by atoms with Gasteiger partial charge in [0.1, 0.15) is 4.90 Å². The van der Waals surface area contributed by atoms with Crippen molar-refractivity contribution in [3.63, 3.8) is 0 Å². The predicted octanol–water partition coefficient (Wildman–Crippen LogP) is 3.18. The molecule has 0 bridgehead atoms. The summed E-state index contributed by atoms with van der Waals surface area (Å²) in [4.78, 5) is 1.07. The normalized spacial score (nSPS) is 11.8. The molecule has 0 aliphatic carbocycles. The van der Waals surface area contributed by atoms with Gasteiger partial charge in [0, 0.05) is 11.4 Å². The zero-order chi connectivity index (χ0) is 15.5. The lowest BCUT2D eigenvalue weighted by Gasteiger charge is -2.09. The van der Waals surface area contributed by atoms with Gasteiger partial charge in [-0.3, -0.25) is 0 Å². The van der Waals surface area contributed by atoms with Gasteiger partial charge in [0.15, 0.2) is 0 Å². The third-order valence-corrected chi connectivity index (χ3v) is 6.39. The molecule has 0 fully saturated rings. The van der Waals surface area contributed by atoms with Gasteiger partial charge in [0.25, 0.3) is 0 Å². The highest BCUT2D eigenvalue weighted by molar-refractivity contribution is 9.11. The van der Waals surface area contributed by atoms with Crippen molar-refractivity contribution in [2.24, 2.45) is 0 Å². The van der Waals surface area contributed by atoms with Gasteiger partial charge < -0.3 is 5.11 Å². The molecule has 0 unspecified atom stereocenters. The van der Waals surface area contributed by atoms with E-state index < -0.39 is 10.0 Å². The third kappa shape index (κ3) is 4.51. The van der Waals surface area contributed by atoms with Crippen LogP contribution in [0.2, 0.25) is 5.02 Å². The van der Waals surface area contributed by atoms with E-state index in [0.717, 1.165) is 8.66 Å². The Morgan fingerprint density at radius 1 is 1.29 bits per heavy atom. The number of hydrogen-bond donors (Lipinski definition) is 2. The molecule has 2 aromatic rings. The first-order valence-corrected chi connectivity index (χ1v) is 9.52. The SMILES string of the molecule is O=S(=O)(NCCc1ccc(Br)s1)c1cc(CO)ccc1Cl. The number of halogens is 2. The van der Waals surface area contributed by atoms with Crippen molar-refractivity contribution >= 4 is 48.9 Å². The van der Waals surface area contributed by atoms with E-state index in [4.69, 9.17) is 16.7 Å². The number of rotatable bonds is 6. The van der Waals surface area contributed by atoms with Crippen LogP contribution in [0.3, 0.4) is 0 Å². The fourth-order valence-corrected chi connectivity index (χ4v) is 4.79. The van der Waals surface area contributed by atoms with Crippen LogP contribution < -0.4 is 4.72 Å². The summed E-state index contributed by atoms with van der Waals surface area (Å²) < 4.78 is 28.0. The van der Waals surface area contributed by atoms with Gasteiger partial charge in [-0.05, 0) is 52.2 Å². The van der Waals surface area contributed by atoms with Crippen molar-refractivity contribution in [3.8, 4) is 0 Å². The minimum atomic E-state index is -3.69. The van der Waals surface area contributed by atoms with E-state index in [2.05, 4.69) is 20.7 Å². The molecule has 21 heavy (non-hydrogen) atoms. The molecule has 1 aromatic carbocycles. The summed E-state index contributed by atoms with van der Waals surface area (Å²) in [5.41, 5.74) is 0.502. The highest BCUT2D eigenvalue weighted by atomic mass is 79.9. The maximum Gasteiger partial charge on any atom is 0.242 e. The summed E-state index contributed by atoms with van der Waals surface area (Å²) in [6.45, 7) is 0.0535. The molecule has 114 valence electrons. The first-order chi connectivity index (χ1) is 9.92. The van der Waals surface area contributed by atoms with E-state index in [9.17, 15) is 8.42 Å². The number of thiophene rings is 1. The average Bonchev–Trinajstić information content (AvgIpc) is 2.84. The van der Waals surface area contributed by atoms with Crippen LogP contribution in [0.15, 0.2) is 39.0 Å². The Morgan fingerprint density at radius 3 is 2.67 bits per heavy atom. The second-order valence-corrected chi connectivity index (χ2v) is 8.97. The number of benzene rings is 1. The van der Waals surface area contributed by atoms with Crippen molar-refractivity contribution in [2.45, 2.75) is 17.9 Å². The first kappa shape index (κ1) is 16.9. The van der Waals surface area contributed by atoms with Crippen LogP contribution >= 0.6 is 38.9 Å². The summed E-state index contributed by atoms with van der Waals surface area (Å²) in [5, 5.41) is 9.22. The Kier molecular flexibility index (Phi) is 5.81. The zero-order valence-electron chi connectivity index (χ0n) is 10.8. The number of nitrogens with one attached hydrogen (secondary N) is 1. The fraction of sp³-hybridized carbons (Fsp3) is 0.231. The summed E-state index contributed by atoms with van der Waals surface area (Å²) in [6.07, 6.45) is 0.604. The summed E-state index contributed by atoms with van der Waals surface area (Å²) in [5.74, 6) is 0. The molecule has 0 aliphatic heterocycles. The fourth-order valence-electron chi connectivity index (χ4n) is 1.72. The molecule has 4 nitrogen and oxygen atoms in total. The topological polar surface area (TPSA) is 66.4 Å². The van der Waals surface area contributed by atoms with Crippen LogP contribution in [0.5, 0.6) is 0 Å². The van der Waals surface area contributed by atoms with Gasteiger partial charge in [0.2, 0.25) is 10.0 Å². The molecule has 1 heterocycles. The Labute approximate surface area is 140 Å². The van der Waals surface area contributed by atoms with Crippen LogP contribution in [-0.2, 0) is 23.1 Å². The van der Waals surface area contributed by atoms with Crippen LogP contribution in [0.4, 0.5) is 0 Å². The molecule has 0 aliphatic rings. The van der Waals surface area contributed by atoms with Gasteiger partial charge in [0.05, 0.1) is 15.4 Å². The van der Waals surface area contributed by atoms with Crippen LogP contribution in [0.25, 0.3) is 0 Å². The number of hydrogen-bond acceptors (Lipinski definition) is 4. The standard InChI is InChI=1S/C13H13BrClNO3S2/c14-13-4-2-10(20-13)5-6-16-21(18,19)12-7-9(8-17)1-3-11(12)15/h1-4,7,16-17H,5-6,8H2. The van der Waals surface area contributed by atoms with Gasteiger partial charge in [-0.15, -0.1) is 11.3 Å². The Balaban J connectivity index is 2.07. The zero-order valence-corrected chi connectivity index (χ0v) is 14.8. The smallest absolute Gasteiger partial charge is 0.242 e. The highest BCUT2D eigenvalue weighted by Crippen LogP contribution is 2.24. The molecule has 1 aromatic heterocycles. The second kappa shape index (κ2) is 7.21. The van der Waals surface area contributed by atoms with Crippen molar-refractivity contribution in [1.82, 2.24) is 4.72 Å². The average molecular weight is 411 g/mol. The van der Waals surface area contributed by atoms with E-state index in [-0.39, 0.29) is 23.1 Å². The minimum absolute atomic E-state index is 0.0110. The van der Waals surface area contributed by atoms with Crippen molar-refractivity contribution in [1.29, 1.82) is 0 Å². The number of sulfonamides is 1. The van der Waals surface area contributed by atoms with Gasteiger partial charge in [-0.2, -0.15) is 0 Å². The number of aliphatic hydroxyl groups excluding tert-OH is 1.